The van der Waals surface area contributed by atoms with E-state index in [0.717, 1.165) is 25.7 Å². The van der Waals surface area contributed by atoms with Gasteiger partial charge in [-0.05, 0) is 12.8 Å². The van der Waals surface area contributed by atoms with E-state index in [1.807, 2.05) is 0 Å². The summed E-state index contributed by atoms with van der Waals surface area (Å²) in [6.07, 6.45) is 5.34. The van der Waals surface area contributed by atoms with Gasteiger partial charge in [-0.3, -0.25) is 4.57 Å². The Morgan fingerprint density at radius 1 is 1.62 bits per heavy atom. The van der Waals surface area contributed by atoms with E-state index in [-0.39, 0.29) is 17.8 Å². The van der Waals surface area contributed by atoms with Crippen LogP contribution in [0, 0.1) is 0 Å². The van der Waals surface area contributed by atoms with Crippen molar-refractivity contribution in [1.29, 1.82) is 0 Å². The Morgan fingerprint density at radius 3 is 2.77 bits per heavy atom. The summed E-state index contributed by atoms with van der Waals surface area (Å²) in [5.74, 6) is 0. The molecule has 1 aliphatic rings. The van der Waals surface area contributed by atoms with Crippen LogP contribution in [0.4, 0.5) is 0 Å². The zero-order valence-corrected chi connectivity index (χ0v) is 7.36. The summed E-state index contributed by atoms with van der Waals surface area (Å²) in [5, 5.41) is 15.3. The van der Waals surface area contributed by atoms with Crippen molar-refractivity contribution < 1.29 is 5.11 Å². The summed E-state index contributed by atoms with van der Waals surface area (Å²) in [7, 11) is 0. The fraction of sp³-hybridized carbons (Fsp3) is 0.750. The number of nitrogens with zero attached hydrogens (tertiary/aromatic N) is 2. The summed E-state index contributed by atoms with van der Waals surface area (Å²) in [5.41, 5.74) is -0.611. The van der Waals surface area contributed by atoms with Crippen LogP contribution in [0.2, 0.25) is 0 Å². The second kappa shape index (κ2) is 2.99. The molecule has 0 spiro atoms. The molecule has 0 aromatic carbocycles. The third kappa shape index (κ3) is 1.19. The maximum atomic E-state index is 11.3. The molecule has 0 radical (unpaired) electrons. The molecule has 1 aromatic rings. The highest BCUT2D eigenvalue weighted by atomic mass is 16.3. The third-order valence-electron chi connectivity index (χ3n) is 2.89. The summed E-state index contributed by atoms with van der Waals surface area (Å²) in [6, 6.07) is 0. The quantitative estimate of drug-likeness (QED) is 0.669. The number of nitrogens with one attached hydrogen (secondary N) is 1. The minimum absolute atomic E-state index is 0.0203. The first-order chi connectivity index (χ1) is 6.28. The molecule has 5 nitrogen and oxygen atoms in total. The highest BCUT2D eigenvalue weighted by Gasteiger charge is 2.36. The first-order valence-corrected chi connectivity index (χ1v) is 4.52. The second-order valence-corrected chi connectivity index (χ2v) is 3.62. The van der Waals surface area contributed by atoms with Gasteiger partial charge in [-0.1, -0.05) is 12.8 Å². The molecule has 2 N–H and O–H groups in total. The molecule has 1 fully saturated rings. The number of H-pyrrole nitrogens is 1. The lowest BCUT2D eigenvalue weighted by atomic mass is 9.99. The maximum absolute atomic E-state index is 11.3. The average Bonchev–Trinajstić information content (AvgIpc) is 2.73. The Kier molecular flexibility index (Phi) is 1.95. The van der Waals surface area contributed by atoms with Crippen LogP contribution in [0.15, 0.2) is 11.1 Å². The maximum Gasteiger partial charge on any atom is 0.343 e. The average molecular weight is 183 g/mol. The van der Waals surface area contributed by atoms with E-state index in [4.69, 9.17) is 0 Å². The smallest absolute Gasteiger partial charge is 0.343 e. The van der Waals surface area contributed by atoms with Crippen LogP contribution in [0.5, 0.6) is 0 Å². The number of aliphatic hydroxyl groups excluding tert-OH is 1. The van der Waals surface area contributed by atoms with Gasteiger partial charge in [0.05, 0.1) is 12.1 Å². The van der Waals surface area contributed by atoms with Gasteiger partial charge in [-0.15, -0.1) is 0 Å². The van der Waals surface area contributed by atoms with Gasteiger partial charge in [0.1, 0.15) is 6.33 Å². The number of aromatic amines is 1. The van der Waals surface area contributed by atoms with Crippen molar-refractivity contribution in [3.63, 3.8) is 0 Å². The lowest BCUT2D eigenvalue weighted by Crippen LogP contribution is -2.40. The molecular formula is C8H13N3O2. The Labute approximate surface area is 75.4 Å². The number of hydrogen-bond acceptors (Lipinski definition) is 3. The van der Waals surface area contributed by atoms with E-state index in [0.29, 0.717) is 0 Å². The van der Waals surface area contributed by atoms with E-state index in [1.165, 1.54) is 10.9 Å². The molecule has 1 aliphatic carbocycles. The molecule has 1 heterocycles. The van der Waals surface area contributed by atoms with Gasteiger partial charge in [0.15, 0.2) is 0 Å². The summed E-state index contributed by atoms with van der Waals surface area (Å²) >= 11 is 0. The molecule has 0 amide bonds. The lowest BCUT2D eigenvalue weighted by Gasteiger charge is -2.26. The zero-order chi connectivity index (χ0) is 9.31. The van der Waals surface area contributed by atoms with Crippen molar-refractivity contribution in [3.8, 4) is 0 Å². The van der Waals surface area contributed by atoms with Gasteiger partial charge in [-0.2, -0.15) is 5.10 Å². The van der Waals surface area contributed by atoms with Crippen LogP contribution in [-0.4, -0.2) is 26.5 Å². The topological polar surface area (TPSA) is 70.9 Å². The van der Waals surface area contributed by atoms with Crippen LogP contribution >= 0.6 is 0 Å². The van der Waals surface area contributed by atoms with Gasteiger partial charge in [0.2, 0.25) is 0 Å². The predicted molar refractivity (Wildman–Crippen MR) is 46.4 cm³/mol. The molecular weight excluding hydrogens is 170 g/mol. The van der Waals surface area contributed by atoms with Crippen LogP contribution in [0.25, 0.3) is 0 Å². The molecule has 0 bridgehead atoms. The highest BCUT2D eigenvalue weighted by molar-refractivity contribution is 4.92. The number of aliphatic hydroxyl groups is 1. The van der Waals surface area contributed by atoms with E-state index in [2.05, 4.69) is 10.2 Å². The predicted octanol–water partition coefficient (Wildman–Crippen LogP) is -0.167. The Hall–Kier alpha value is -1.10. The van der Waals surface area contributed by atoms with E-state index < -0.39 is 0 Å². The molecule has 0 atom stereocenters. The largest absolute Gasteiger partial charge is 0.394 e. The van der Waals surface area contributed by atoms with Crippen molar-refractivity contribution in [2.45, 2.75) is 31.2 Å². The number of rotatable bonds is 2. The molecule has 1 aromatic heterocycles. The van der Waals surface area contributed by atoms with Crippen LogP contribution in [0.1, 0.15) is 25.7 Å². The van der Waals surface area contributed by atoms with Gasteiger partial charge in [0.25, 0.3) is 0 Å². The minimum Gasteiger partial charge on any atom is -0.394 e. The summed E-state index contributed by atoms with van der Waals surface area (Å²) < 4.78 is 1.53. The molecule has 0 aliphatic heterocycles. The summed E-state index contributed by atoms with van der Waals surface area (Å²) in [4.78, 5) is 11.3. The molecule has 1 saturated carbocycles. The Balaban J connectivity index is 2.42. The van der Waals surface area contributed by atoms with Gasteiger partial charge < -0.3 is 5.11 Å². The summed E-state index contributed by atoms with van der Waals surface area (Å²) in [6.45, 7) is 0.0203. The number of aromatic nitrogens is 3. The molecule has 0 unspecified atom stereocenters. The molecule has 72 valence electrons. The first-order valence-electron chi connectivity index (χ1n) is 4.52. The molecule has 2 rings (SSSR count). The lowest BCUT2D eigenvalue weighted by molar-refractivity contribution is 0.133. The van der Waals surface area contributed by atoms with E-state index in [9.17, 15) is 9.90 Å². The van der Waals surface area contributed by atoms with Gasteiger partial charge >= 0.3 is 5.69 Å². The molecule has 13 heavy (non-hydrogen) atoms. The monoisotopic (exact) mass is 183 g/mol. The Bertz CT molecular complexity index is 335. The fourth-order valence-corrected chi connectivity index (χ4v) is 2.09. The first kappa shape index (κ1) is 8.50. The highest BCUT2D eigenvalue weighted by Crippen LogP contribution is 2.34. The zero-order valence-electron chi connectivity index (χ0n) is 7.36. The molecule has 5 heteroatoms. The van der Waals surface area contributed by atoms with Crippen LogP contribution < -0.4 is 5.69 Å². The van der Waals surface area contributed by atoms with E-state index >= 15 is 0 Å². The van der Waals surface area contributed by atoms with Crippen molar-refractivity contribution >= 4 is 0 Å². The Morgan fingerprint density at radius 2 is 2.31 bits per heavy atom. The standard InChI is InChI=1S/C8H13N3O2/c12-5-8(3-1-2-4-8)11-6-9-10-7(11)13/h6,12H,1-5H2,(H,10,13). The number of hydrogen-bond donors (Lipinski definition) is 2. The SMILES string of the molecule is O=c1[nH]ncn1C1(CO)CCCC1. The van der Waals surface area contributed by atoms with Crippen LogP contribution in [-0.2, 0) is 5.54 Å². The van der Waals surface area contributed by atoms with Crippen molar-refractivity contribution in [2.24, 2.45) is 0 Å². The fourth-order valence-electron chi connectivity index (χ4n) is 2.09. The van der Waals surface area contributed by atoms with Gasteiger partial charge in [-0.25, -0.2) is 9.89 Å². The normalized spacial score (nSPS) is 20.7. The van der Waals surface area contributed by atoms with E-state index in [1.54, 1.807) is 0 Å². The van der Waals surface area contributed by atoms with Crippen LogP contribution in [0.3, 0.4) is 0 Å². The van der Waals surface area contributed by atoms with Crippen molar-refractivity contribution in [3.05, 3.63) is 16.8 Å². The van der Waals surface area contributed by atoms with Crippen molar-refractivity contribution in [1.82, 2.24) is 14.8 Å². The van der Waals surface area contributed by atoms with Gasteiger partial charge in [0, 0.05) is 0 Å². The third-order valence-corrected chi connectivity index (χ3v) is 2.89. The minimum atomic E-state index is -0.385. The second-order valence-electron chi connectivity index (χ2n) is 3.62. The van der Waals surface area contributed by atoms with Crippen molar-refractivity contribution in [2.75, 3.05) is 6.61 Å². The molecule has 0 saturated heterocycles.